The van der Waals surface area contributed by atoms with E-state index in [9.17, 15) is 22.4 Å². The molecule has 0 aliphatic carbocycles. The maximum atomic E-state index is 14.5. The van der Waals surface area contributed by atoms with Gasteiger partial charge in [0.05, 0.1) is 22.4 Å². The molecule has 2 heterocycles. The van der Waals surface area contributed by atoms with Crippen LogP contribution < -0.4 is 15.4 Å². The lowest BCUT2D eigenvalue weighted by molar-refractivity contribution is -0.138. The van der Waals surface area contributed by atoms with Gasteiger partial charge < -0.3 is 15.4 Å². The summed E-state index contributed by atoms with van der Waals surface area (Å²) in [7, 11) is 1.67. The number of benzene rings is 2. The number of pyridine rings is 1. The number of nitrogens with one attached hydrogen (secondary N) is 2. The fraction of sp³-hybridized carbons (Fsp3) is 0.120. The summed E-state index contributed by atoms with van der Waals surface area (Å²) in [6.45, 7) is 1.23. The highest BCUT2D eigenvalue weighted by atomic mass is 19.4. The topological polar surface area (TPSA) is 89.0 Å². The second-order valence-electron chi connectivity index (χ2n) is 7.55. The van der Waals surface area contributed by atoms with Crippen LogP contribution in [0.3, 0.4) is 0 Å². The average Bonchev–Trinajstić information content (AvgIpc) is 2.86. The van der Waals surface area contributed by atoms with Gasteiger partial charge in [0, 0.05) is 25.1 Å². The molecule has 36 heavy (non-hydrogen) atoms. The minimum atomic E-state index is -4.60. The van der Waals surface area contributed by atoms with Crippen LogP contribution in [0.4, 0.5) is 29.2 Å². The minimum Gasteiger partial charge on any atom is -0.438 e. The van der Waals surface area contributed by atoms with E-state index in [4.69, 9.17) is 4.74 Å². The first kappa shape index (κ1) is 24.6. The Kier molecular flexibility index (Phi) is 6.82. The summed E-state index contributed by atoms with van der Waals surface area (Å²) in [6.07, 6.45) is -1.55. The van der Waals surface area contributed by atoms with Crippen molar-refractivity contribution in [3.05, 3.63) is 89.5 Å². The Balaban J connectivity index is 1.62. The average molecular weight is 497 g/mol. The Morgan fingerprint density at radius 1 is 1.00 bits per heavy atom. The number of halogens is 4. The van der Waals surface area contributed by atoms with Crippen LogP contribution in [0.5, 0.6) is 11.6 Å². The molecule has 0 unspecified atom stereocenters. The van der Waals surface area contributed by atoms with Gasteiger partial charge in [0.2, 0.25) is 11.8 Å². The van der Waals surface area contributed by atoms with Gasteiger partial charge in [-0.3, -0.25) is 4.79 Å². The molecule has 2 aromatic carbocycles. The number of aromatic nitrogens is 3. The Morgan fingerprint density at radius 3 is 2.56 bits per heavy atom. The van der Waals surface area contributed by atoms with Crippen molar-refractivity contribution in [1.82, 2.24) is 15.0 Å². The molecule has 0 bridgehead atoms. The number of amides is 1. The molecule has 0 atom stereocenters. The summed E-state index contributed by atoms with van der Waals surface area (Å²) in [5.74, 6) is -1.20. The number of hydrogen-bond donors (Lipinski definition) is 2. The van der Waals surface area contributed by atoms with Gasteiger partial charge in [0.15, 0.2) is 0 Å². The normalized spacial score (nSPS) is 11.2. The molecule has 0 aliphatic heterocycles. The third-order valence-corrected chi connectivity index (χ3v) is 5.21. The maximum Gasteiger partial charge on any atom is 0.416 e. The number of hydrogen-bond acceptors (Lipinski definition) is 6. The summed E-state index contributed by atoms with van der Waals surface area (Å²) in [5, 5.41) is 5.18. The molecule has 0 radical (unpaired) electrons. The van der Waals surface area contributed by atoms with E-state index in [1.54, 1.807) is 31.4 Å². The summed E-state index contributed by atoms with van der Waals surface area (Å²) >= 11 is 0. The molecule has 0 saturated carbocycles. The number of anilines is 2. The Hall–Kier alpha value is -4.54. The lowest BCUT2D eigenvalue weighted by Gasteiger charge is -2.15. The number of rotatable bonds is 6. The summed E-state index contributed by atoms with van der Waals surface area (Å²) in [4.78, 5) is 25.4. The van der Waals surface area contributed by atoms with Crippen LogP contribution in [0.15, 0.2) is 67.0 Å². The van der Waals surface area contributed by atoms with Gasteiger partial charge >= 0.3 is 6.18 Å². The van der Waals surface area contributed by atoms with Crippen LogP contribution >= 0.6 is 0 Å². The zero-order valence-electron chi connectivity index (χ0n) is 19.0. The van der Waals surface area contributed by atoms with Gasteiger partial charge in [-0.05, 0) is 61.0 Å². The van der Waals surface area contributed by atoms with E-state index in [2.05, 4.69) is 25.6 Å². The number of carbonyl (C=O) groups is 1. The Labute approximate surface area is 203 Å². The molecule has 2 N–H and O–H groups in total. The van der Waals surface area contributed by atoms with Crippen LogP contribution in [-0.4, -0.2) is 27.9 Å². The van der Waals surface area contributed by atoms with Crippen LogP contribution in [0.2, 0.25) is 0 Å². The molecule has 1 amide bonds. The lowest BCUT2D eigenvalue weighted by atomic mass is 10.1. The molecular weight excluding hydrogens is 478 g/mol. The smallest absolute Gasteiger partial charge is 0.416 e. The van der Waals surface area contributed by atoms with E-state index < -0.39 is 29.0 Å². The van der Waals surface area contributed by atoms with Crippen molar-refractivity contribution in [2.45, 2.75) is 13.1 Å². The summed E-state index contributed by atoms with van der Waals surface area (Å²) in [6, 6.07) is 11.9. The predicted octanol–water partition coefficient (Wildman–Crippen LogP) is 6.09. The molecule has 0 aliphatic rings. The second-order valence-corrected chi connectivity index (χ2v) is 7.55. The Morgan fingerprint density at radius 2 is 1.81 bits per heavy atom. The first-order chi connectivity index (χ1) is 17.2. The lowest BCUT2D eigenvalue weighted by Crippen LogP contribution is -2.16. The zero-order valence-corrected chi connectivity index (χ0v) is 19.0. The predicted molar refractivity (Wildman–Crippen MR) is 125 cm³/mol. The van der Waals surface area contributed by atoms with Gasteiger partial charge in [-0.2, -0.15) is 13.2 Å². The van der Waals surface area contributed by atoms with Crippen molar-refractivity contribution in [2.75, 3.05) is 17.7 Å². The Bertz CT molecular complexity index is 1430. The number of alkyl halides is 3. The highest BCUT2D eigenvalue weighted by Crippen LogP contribution is 2.35. The van der Waals surface area contributed by atoms with E-state index in [1.165, 1.54) is 25.3 Å². The minimum absolute atomic E-state index is 0.0864. The van der Waals surface area contributed by atoms with E-state index in [1.807, 2.05) is 0 Å². The molecule has 0 spiro atoms. The highest BCUT2D eigenvalue weighted by molar-refractivity contribution is 6.05. The molecule has 11 heteroatoms. The van der Waals surface area contributed by atoms with E-state index >= 15 is 0 Å². The van der Waals surface area contributed by atoms with Crippen molar-refractivity contribution >= 4 is 17.5 Å². The third-order valence-electron chi connectivity index (χ3n) is 5.21. The molecule has 4 aromatic rings. The van der Waals surface area contributed by atoms with Crippen LogP contribution in [0, 0.1) is 12.7 Å². The van der Waals surface area contributed by atoms with Crippen molar-refractivity contribution in [2.24, 2.45) is 0 Å². The standard InChI is InChI=1S/C25H19F4N5O2/c1-14-18(25(27,28)29)6-3-7-20(14)33-22(35)17-13-15(8-9-19(17)26)36-23-16(5-4-11-31-23)21-10-12-32-24(30-2)34-21/h3-13H,1-2H3,(H,33,35)(H,30,32,34). The van der Waals surface area contributed by atoms with Crippen molar-refractivity contribution in [1.29, 1.82) is 0 Å². The monoisotopic (exact) mass is 497 g/mol. The second kappa shape index (κ2) is 9.98. The fourth-order valence-corrected chi connectivity index (χ4v) is 3.42. The van der Waals surface area contributed by atoms with Gasteiger partial charge in [-0.1, -0.05) is 6.07 Å². The highest BCUT2D eigenvalue weighted by Gasteiger charge is 2.33. The quantitative estimate of drug-likeness (QED) is 0.314. The molecule has 0 saturated heterocycles. The SMILES string of the molecule is CNc1nccc(-c2cccnc2Oc2ccc(F)c(C(=O)Nc3cccc(C(F)(F)F)c3C)c2)n1. The van der Waals surface area contributed by atoms with E-state index in [0.717, 1.165) is 24.3 Å². The van der Waals surface area contributed by atoms with Crippen molar-refractivity contribution < 1.29 is 27.1 Å². The van der Waals surface area contributed by atoms with Gasteiger partial charge in [0.1, 0.15) is 11.6 Å². The molecule has 184 valence electrons. The fourth-order valence-electron chi connectivity index (χ4n) is 3.42. The first-order valence-electron chi connectivity index (χ1n) is 10.6. The van der Waals surface area contributed by atoms with Gasteiger partial charge in [-0.15, -0.1) is 0 Å². The number of ether oxygens (including phenoxy) is 1. The van der Waals surface area contributed by atoms with Crippen LogP contribution in [0.1, 0.15) is 21.5 Å². The molecule has 4 rings (SSSR count). The molecule has 2 aromatic heterocycles. The number of nitrogens with zero attached hydrogens (tertiary/aromatic N) is 3. The summed E-state index contributed by atoms with van der Waals surface area (Å²) < 4.78 is 60.0. The van der Waals surface area contributed by atoms with Gasteiger partial charge in [0.25, 0.3) is 5.91 Å². The third kappa shape index (κ3) is 5.24. The maximum absolute atomic E-state index is 14.5. The molecule has 0 fully saturated rings. The van der Waals surface area contributed by atoms with E-state index in [0.29, 0.717) is 17.2 Å². The largest absolute Gasteiger partial charge is 0.438 e. The summed E-state index contributed by atoms with van der Waals surface area (Å²) in [5.41, 5.74) is -0.552. The van der Waals surface area contributed by atoms with E-state index in [-0.39, 0.29) is 22.9 Å². The van der Waals surface area contributed by atoms with Gasteiger partial charge in [-0.25, -0.2) is 19.3 Å². The molecular formula is C25H19F4N5O2. The number of carbonyl (C=O) groups excluding carboxylic acids is 1. The van der Waals surface area contributed by atoms with Crippen LogP contribution in [0.25, 0.3) is 11.3 Å². The van der Waals surface area contributed by atoms with Crippen molar-refractivity contribution in [3.63, 3.8) is 0 Å². The molecule has 7 nitrogen and oxygen atoms in total. The zero-order chi connectivity index (χ0) is 25.9. The van der Waals surface area contributed by atoms with Crippen molar-refractivity contribution in [3.8, 4) is 22.9 Å². The van der Waals surface area contributed by atoms with Crippen LogP contribution in [-0.2, 0) is 6.18 Å². The first-order valence-corrected chi connectivity index (χ1v) is 10.6.